The van der Waals surface area contributed by atoms with Crippen molar-refractivity contribution in [1.29, 1.82) is 0 Å². The number of nitrogens with one attached hydrogen (secondary N) is 4. The van der Waals surface area contributed by atoms with Crippen molar-refractivity contribution in [2.75, 3.05) is 35.9 Å². The van der Waals surface area contributed by atoms with E-state index in [-0.39, 0.29) is 23.3 Å². The lowest BCUT2D eigenvalue weighted by Gasteiger charge is -2.13. The zero-order valence-electron chi connectivity index (χ0n) is 24.3. The number of benzene rings is 1. The number of anilines is 3. The van der Waals surface area contributed by atoms with Gasteiger partial charge in [0.25, 0.3) is 10.0 Å². The fourth-order valence-electron chi connectivity index (χ4n) is 3.17. The van der Waals surface area contributed by atoms with Gasteiger partial charge in [-0.25, -0.2) is 17.9 Å². The average molecular weight is 647 g/mol. The molecule has 0 unspecified atom stereocenters. The van der Waals surface area contributed by atoms with Crippen LogP contribution >= 0.6 is 11.8 Å². The Hall–Kier alpha value is -4.00. The molecule has 2 amide bonds. The summed E-state index contributed by atoms with van der Waals surface area (Å²) >= 11 is 1.51. The lowest BCUT2D eigenvalue weighted by molar-refractivity contribution is -0.134. The molecular weight excluding hydrogens is 613 g/mol. The summed E-state index contributed by atoms with van der Waals surface area (Å²) in [6.45, 7) is 8.42. The Morgan fingerprint density at radius 1 is 1.02 bits per heavy atom. The molecule has 0 spiro atoms. The van der Waals surface area contributed by atoms with E-state index in [1.807, 2.05) is 13.2 Å². The third-order valence-electron chi connectivity index (χ3n) is 4.85. The van der Waals surface area contributed by atoms with Crippen LogP contribution in [0.4, 0.5) is 35.8 Å². The van der Waals surface area contributed by atoms with Gasteiger partial charge < -0.3 is 15.4 Å². The molecule has 4 N–H and O–H groups in total. The van der Waals surface area contributed by atoms with Crippen LogP contribution in [0, 0.1) is 6.92 Å². The Balaban J connectivity index is 0.000000362. The van der Waals surface area contributed by atoms with Gasteiger partial charge in [0.15, 0.2) is 5.16 Å². The second kappa shape index (κ2) is 16.0. The third kappa shape index (κ3) is 12.4. The van der Waals surface area contributed by atoms with Crippen LogP contribution in [0.3, 0.4) is 0 Å². The number of nitrogens with zero attached hydrogens (tertiary/aromatic N) is 6. The first-order valence-electron chi connectivity index (χ1n) is 12.7. The molecule has 0 aliphatic heterocycles. The van der Waals surface area contributed by atoms with Crippen LogP contribution in [0.25, 0.3) is 0 Å². The predicted molar refractivity (Wildman–Crippen MR) is 156 cm³/mol. The number of hydrogen-bond donors (Lipinski definition) is 4. The molecule has 3 rings (SSSR count). The number of alkyl halides is 3. The number of halogens is 3. The van der Waals surface area contributed by atoms with Gasteiger partial charge in [0, 0.05) is 19.0 Å². The molecule has 0 aliphatic rings. The Bertz CT molecular complexity index is 1480. The summed E-state index contributed by atoms with van der Waals surface area (Å²) in [5, 5.41) is 9.08. The summed E-state index contributed by atoms with van der Waals surface area (Å²) < 4.78 is 68.8. The molecule has 1 aromatic carbocycles. The van der Waals surface area contributed by atoms with E-state index in [4.69, 9.17) is 4.74 Å². The fourth-order valence-corrected chi connectivity index (χ4v) is 4.70. The number of urea groups is 1. The molecule has 2 aromatic heterocycles. The van der Waals surface area contributed by atoms with Crippen molar-refractivity contribution in [1.82, 2.24) is 34.6 Å². The number of thioether (sulfide) groups is 1. The highest BCUT2D eigenvalue weighted by atomic mass is 32.2. The molecular formula is C24H33F3N10O4S2. The highest BCUT2D eigenvalue weighted by molar-refractivity contribution is 7.98. The summed E-state index contributed by atoms with van der Waals surface area (Å²) in [4.78, 5) is 35.7. The van der Waals surface area contributed by atoms with Gasteiger partial charge in [-0.3, -0.25) is 5.32 Å². The number of carbonyl (C=O) groups is 1. The molecule has 0 radical (unpaired) electrons. The molecule has 0 saturated heterocycles. The number of aryl methyl sites for hydroxylation is 2. The number of sulfonamides is 1. The Labute approximate surface area is 251 Å². The van der Waals surface area contributed by atoms with Crippen molar-refractivity contribution in [3.63, 3.8) is 0 Å². The maximum absolute atomic E-state index is 12.5. The molecule has 236 valence electrons. The van der Waals surface area contributed by atoms with Crippen LogP contribution in [-0.2, 0) is 16.4 Å². The standard InChI is InChI=1S/C15H16F3N5O4S.C9H17N5S/c1-9-19-12(22-14(20-9)27-2)21-13(24)23-28(25,26)11-6-4-3-5-10(11)7-8-15(16,17)18;1-5-10-7-12-8(11-6(2)3)14-9(13-7)15-4/h3-6H,7-8H2,1-2H3,(H2,19,20,21,22,23,24);6H,5H2,1-4H3,(H2,10,11,12,13,14). The van der Waals surface area contributed by atoms with Crippen LogP contribution in [-0.4, -0.2) is 76.5 Å². The maximum Gasteiger partial charge on any atom is 0.389 e. The minimum absolute atomic E-state index is 0.0715. The summed E-state index contributed by atoms with van der Waals surface area (Å²) in [5.41, 5.74) is -0.0715. The maximum atomic E-state index is 12.5. The van der Waals surface area contributed by atoms with Gasteiger partial charge in [0.1, 0.15) is 5.82 Å². The van der Waals surface area contributed by atoms with Crippen molar-refractivity contribution in [3.05, 3.63) is 35.7 Å². The minimum Gasteiger partial charge on any atom is -0.467 e. The number of rotatable bonds is 11. The lowest BCUT2D eigenvalue weighted by Crippen LogP contribution is -2.35. The van der Waals surface area contributed by atoms with E-state index < -0.39 is 40.0 Å². The second-order valence-corrected chi connectivity index (χ2v) is 11.2. The number of hydrogen-bond acceptors (Lipinski definition) is 13. The highest BCUT2D eigenvalue weighted by Crippen LogP contribution is 2.25. The molecule has 2 heterocycles. The number of aromatic nitrogens is 6. The Morgan fingerprint density at radius 2 is 1.70 bits per heavy atom. The molecule has 0 atom stereocenters. The average Bonchev–Trinajstić information content (AvgIpc) is 2.91. The van der Waals surface area contributed by atoms with Crippen LogP contribution in [0.15, 0.2) is 34.3 Å². The predicted octanol–water partition coefficient (Wildman–Crippen LogP) is 4.04. The van der Waals surface area contributed by atoms with E-state index in [1.54, 1.807) is 4.72 Å². The van der Waals surface area contributed by atoms with Crippen LogP contribution in [0.1, 0.15) is 38.6 Å². The third-order valence-corrected chi connectivity index (χ3v) is 6.83. The van der Waals surface area contributed by atoms with Gasteiger partial charge in [0.05, 0.1) is 12.0 Å². The lowest BCUT2D eigenvalue weighted by atomic mass is 10.1. The first kappa shape index (κ1) is 35.2. The first-order valence-corrected chi connectivity index (χ1v) is 15.4. The van der Waals surface area contributed by atoms with Gasteiger partial charge in [-0.1, -0.05) is 30.0 Å². The van der Waals surface area contributed by atoms with E-state index in [0.29, 0.717) is 17.9 Å². The van der Waals surface area contributed by atoms with Gasteiger partial charge in [0.2, 0.25) is 17.8 Å². The largest absolute Gasteiger partial charge is 0.467 e. The summed E-state index contributed by atoms with van der Waals surface area (Å²) in [6, 6.07) is 4.13. The van der Waals surface area contributed by atoms with E-state index >= 15 is 0 Å². The van der Waals surface area contributed by atoms with Crippen LogP contribution < -0.4 is 25.4 Å². The first-order chi connectivity index (χ1) is 20.1. The second-order valence-electron chi connectivity index (χ2n) is 8.77. The molecule has 0 fully saturated rings. The molecule has 0 bridgehead atoms. The van der Waals surface area contributed by atoms with Crippen LogP contribution in [0.2, 0.25) is 0 Å². The molecule has 0 saturated carbocycles. The van der Waals surface area contributed by atoms with Crippen molar-refractivity contribution in [3.8, 4) is 6.01 Å². The van der Waals surface area contributed by atoms with Crippen molar-refractivity contribution < 1.29 is 31.1 Å². The van der Waals surface area contributed by atoms with Crippen molar-refractivity contribution in [2.45, 2.75) is 62.8 Å². The molecule has 14 nitrogen and oxygen atoms in total. The van der Waals surface area contributed by atoms with Gasteiger partial charge in [-0.2, -0.15) is 43.1 Å². The summed E-state index contributed by atoms with van der Waals surface area (Å²) in [6.07, 6.45) is -4.25. The van der Waals surface area contributed by atoms with Crippen molar-refractivity contribution in [2.24, 2.45) is 0 Å². The van der Waals surface area contributed by atoms with E-state index in [9.17, 15) is 26.4 Å². The van der Waals surface area contributed by atoms with Gasteiger partial charge in [-0.05, 0) is 52.0 Å². The summed E-state index contributed by atoms with van der Waals surface area (Å²) in [7, 11) is -3.14. The molecule has 19 heteroatoms. The minimum atomic E-state index is -4.45. The molecule has 3 aromatic rings. The fraction of sp³-hybridized carbons (Fsp3) is 0.458. The smallest absolute Gasteiger partial charge is 0.389 e. The number of carbonyl (C=O) groups excluding carboxylic acids is 1. The molecule has 43 heavy (non-hydrogen) atoms. The molecule has 0 aliphatic carbocycles. The van der Waals surface area contributed by atoms with Gasteiger partial charge >= 0.3 is 18.2 Å². The van der Waals surface area contributed by atoms with E-state index in [1.165, 1.54) is 44.0 Å². The zero-order valence-corrected chi connectivity index (χ0v) is 25.9. The summed E-state index contributed by atoms with van der Waals surface area (Å²) in [5.74, 6) is 1.20. The SMILES string of the molecule is CCNc1nc(NC(C)C)nc(SC)n1.COc1nc(C)nc(NC(=O)NS(=O)(=O)c2ccccc2CCC(F)(F)F)n1. The van der Waals surface area contributed by atoms with Crippen LogP contribution in [0.5, 0.6) is 6.01 Å². The van der Waals surface area contributed by atoms with Crippen molar-refractivity contribution >= 4 is 45.7 Å². The number of methoxy groups -OCH3 is 1. The topological polar surface area (TPSA) is 186 Å². The van der Waals surface area contributed by atoms with E-state index in [2.05, 4.69) is 59.7 Å². The van der Waals surface area contributed by atoms with E-state index in [0.717, 1.165) is 17.8 Å². The monoisotopic (exact) mass is 646 g/mol. The highest BCUT2D eigenvalue weighted by Gasteiger charge is 2.29. The number of amides is 2. The zero-order chi connectivity index (χ0) is 32.2. The van der Waals surface area contributed by atoms with Gasteiger partial charge in [-0.15, -0.1) is 0 Å². The normalized spacial score (nSPS) is 11.3. The Kier molecular flexibility index (Phi) is 13.1. The Morgan fingerprint density at radius 3 is 2.30 bits per heavy atom. The number of ether oxygens (including phenoxy) is 1. The quantitative estimate of drug-likeness (QED) is 0.219.